The Morgan fingerprint density at radius 3 is 2.60 bits per heavy atom. The van der Waals surface area contributed by atoms with E-state index in [4.69, 9.17) is 4.74 Å². The molecule has 20 heavy (non-hydrogen) atoms. The SMILES string of the molecule is CNC(C)c1cc(F)ccc1OCC(=O)N(C)C(C)C. The largest absolute Gasteiger partial charge is 0.483 e. The van der Waals surface area contributed by atoms with Crippen LogP contribution in [0.25, 0.3) is 0 Å². The minimum atomic E-state index is -0.319. The van der Waals surface area contributed by atoms with E-state index in [2.05, 4.69) is 5.32 Å². The Labute approximate surface area is 119 Å². The van der Waals surface area contributed by atoms with Gasteiger partial charge in [-0.2, -0.15) is 0 Å². The molecule has 0 heterocycles. The topological polar surface area (TPSA) is 41.6 Å². The van der Waals surface area contributed by atoms with Crippen molar-refractivity contribution in [1.82, 2.24) is 10.2 Å². The van der Waals surface area contributed by atoms with Crippen LogP contribution in [0.1, 0.15) is 32.4 Å². The van der Waals surface area contributed by atoms with Gasteiger partial charge in [-0.25, -0.2) is 4.39 Å². The molecule has 0 bridgehead atoms. The highest BCUT2D eigenvalue weighted by molar-refractivity contribution is 5.77. The summed E-state index contributed by atoms with van der Waals surface area (Å²) >= 11 is 0. The number of carbonyl (C=O) groups is 1. The van der Waals surface area contributed by atoms with Gasteiger partial charge in [0.2, 0.25) is 0 Å². The fourth-order valence-electron chi connectivity index (χ4n) is 1.67. The number of benzene rings is 1. The van der Waals surface area contributed by atoms with Crippen LogP contribution in [-0.4, -0.2) is 37.6 Å². The standard InChI is InChI=1S/C15H23FN2O2/c1-10(2)18(5)15(19)9-20-14-7-6-12(16)8-13(14)11(3)17-4/h6-8,10-11,17H,9H2,1-5H3. The molecule has 1 N–H and O–H groups in total. The second-order valence-corrected chi connectivity index (χ2v) is 5.08. The maximum atomic E-state index is 13.3. The van der Waals surface area contributed by atoms with Gasteiger partial charge in [0.15, 0.2) is 6.61 Å². The van der Waals surface area contributed by atoms with Crippen molar-refractivity contribution in [3.05, 3.63) is 29.6 Å². The minimum Gasteiger partial charge on any atom is -0.483 e. The summed E-state index contributed by atoms with van der Waals surface area (Å²) in [5.41, 5.74) is 0.701. The summed E-state index contributed by atoms with van der Waals surface area (Å²) in [6.07, 6.45) is 0. The normalized spacial score (nSPS) is 12.3. The van der Waals surface area contributed by atoms with E-state index in [1.165, 1.54) is 12.1 Å². The molecule has 1 aromatic carbocycles. The Bertz CT molecular complexity index is 463. The summed E-state index contributed by atoms with van der Waals surface area (Å²) < 4.78 is 18.9. The van der Waals surface area contributed by atoms with E-state index in [1.807, 2.05) is 20.8 Å². The summed E-state index contributed by atoms with van der Waals surface area (Å²) in [4.78, 5) is 13.5. The van der Waals surface area contributed by atoms with E-state index in [-0.39, 0.29) is 30.4 Å². The average molecular weight is 282 g/mol. The van der Waals surface area contributed by atoms with Gasteiger partial charge in [-0.15, -0.1) is 0 Å². The van der Waals surface area contributed by atoms with E-state index in [1.54, 1.807) is 25.1 Å². The Morgan fingerprint density at radius 1 is 1.40 bits per heavy atom. The Balaban J connectivity index is 2.80. The first-order valence-corrected chi connectivity index (χ1v) is 6.72. The summed E-state index contributed by atoms with van der Waals surface area (Å²) in [5.74, 6) is 0.103. The molecular formula is C15H23FN2O2. The number of hydrogen-bond donors (Lipinski definition) is 1. The lowest BCUT2D eigenvalue weighted by Gasteiger charge is -2.22. The van der Waals surface area contributed by atoms with Crippen LogP contribution in [0, 0.1) is 5.82 Å². The lowest BCUT2D eigenvalue weighted by molar-refractivity contribution is -0.133. The van der Waals surface area contributed by atoms with Crippen LogP contribution in [0.3, 0.4) is 0 Å². The van der Waals surface area contributed by atoms with Gasteiger partial charge >= 0.3 is 0 Å². The van der Waals surface area contributed by atoms with Crippen LogP contribution in [0.15, 0.2) is 18.2 Å². The van der Waals surface area contributed by atoms with Gasteiger partial charge < -0.3 is 15.0 Å². The zero-order valence-electron chi connectivity index (χ0n) is 12.7. The number of nitrogens with one attached hydrogen (secondary N) is 1. The van der Waals surface area contributed by atoms with Crippen molar-refractivity contribution in [2.24, 2.45) is 0 Å². The molecule has 0 radical (unpaired) electrons. The Hall–Kier alpha value is -1.62. The first-order chi connectivity index (χ1) is 9.36. The molecule has 0 aliphatic heterocycles. The van der Waals surface area contributed by atoms with Crippen LogP contribution >= 0.6 is 0 Å². The number of halogens is 1. The van der Waals surface area contributed by atoms with Gasteiger partial charge in [0.25, 0.3) is 5.91 Å². The molecule has 1 unspecified atom stereocenters. The third kappa shape index (κ3) is 4.20. The van der Waals surface area contributed by atoms with Crippen LogP contribution in [-0.2, 0) is 4.79 Å². The highest BCUT2D eigenvalue weighted by Crippen LogP contribution is 2.25. The van der Waals surface area contributed by atoms with Crippen molar-refractivity contribution in [2.45, 2.75) is 32.9 Å². The molecule has 0 aromatic heterocycles. The van der Waals surface area contributed by atoms with Crippen molar-refractivity contribution >= 4 is 5.91 Å². The van der Waals surface area contributed by atoms with Crippen LogP contribution < -0.4 is 10.1 Å². The Morgan fingerprint density at radius 2 is 2.05 bits per heavy atom. The fraction of sp³-hybridized carbons (Fsp3) is 0.533. The number of ether oxygens (including phenoxy) is 1. The molecule has 5 heteroatoms. The predicted molar refractivity (Wildman–Crippen MR) is 77.3 cm³/mol. The fourth-order valence-corrected chi connectivity index (χ4v) is 1.67. The second kappa shape index (κ2) is 7.24. The molecule has 4 nitrogen and oxygen atoms in total. The molecule has 1 amide bonds. The number of likely N-dealkylation sites (N-methyl/N-ethyl adjacent to an activating group) is 1. The minimum absolute atomic E-state index is 0.0518. The smallest absolute Gasteiger partial charge is 0.260 e. The molecular weight excluding hydrogens is 259 g/mol. The summed E-state index contributed by atoms with van der Waals surface area (Å²) in [6.45, 7) is 5.72. The number of amides is 1. The molecule has 0 aliphatic carbocycles. The van der Waals surface area contributed by atoms with E-state index in [0.29, 0.717) is 11.3 Å². The number of rotatable bonds is 6. The zero-order chi connectivity index (χ0) is 15.3. The number of hydrogen-bond acceptors (Lipinski definition) is 3. The molecule has 0 spiro atoms. The third-order valence-electron chi connectivity index (χ3n) is 3.39. The van der Waals surface area contributed by atoms with E-state index < -0.39 is 0 Å². The number of nitrogens with zero attached hydrogens (tertiary/aromatic N) is 1. The third-order valence-corrected chi connectivity index (χ3v) is 3.39. The molecule has 0 aliphatic rings. The predicted octanol–water partition coefficient (Wildman–Crippen LogP) is 2.35. The highest BCUT2D eigenvalue weighted by Gasteiger charge is 2.15. The molecule has 0 saturated carbocycles. The van der Waals surface area contributed by atoms with Crippen molar-refractivity contribution in [3.8, 4) is 5.75 Å². The Kier molecular flexibility index (Phi) is 5.95. The molecule has 112 valence electrons. The van der Waals surface area contributed by atoms with Crippen molar-refractivity contribution in [2.75, 3.05) is 20.7 Å². The second-order valence-electron chi connectivity index (χ2n) is 5.08. The molecule has 0 saturated heterocycles. The van der Waals surface area contributed by atoms with Gasteiger partial charge in [0.05, 0.1) is 0 Å². The van der Waals surface area contributed by atoms with Gasteiger partial charge in [-0.1, -0.05) is 0 Å². The monoisotopic (exact) mass is 282 g/mol. The lowest BCUT2D eigenvalue weighted by atomic mass is 10.1. The van der Waals surface area contributed by atoms with Gasteiger partial charge in [-0.3, -0.25) is 4.79 Å². The zero-order valence-corrected chi connectivity index (χ0v) is 12.7. The average Bonchev–Trinajstić information content (AvgIpc) is 2.43. The van der Waals surface area contributed by atoms with Gasteiger partial charge in [0, 0.05) is 24.7 Å². The highest BCUT2D eigenvalue weighted by atomic mass is 19.1. The lowest BCUT2D eigenvalue weighted by Crippen LogP contribution is -2.36. The van der Waals surface area contributed by atoms with E-state index >= 15 is 0 Å². The summed E-state index contributed by atoms with van der Waals surface area (Å²) in [7, 11) is 3.52. The molecule has 1 rings (SSSR count). The summed E-state index contributed by atoms with van der Waals surface area (Å²) in [6, 6.07) is 4.38. The van der Waals surface area contributed by atoms with Gasteiger partial charge in [-0.05, 0) is 46.0 Å². The van der Waals surface area contributed by atoms with E-state index in [9.17, 15) is 9.18 Å². The molecule has 0 fully saturated rings. The molecule has 1 atom stereocenters. The van der Waals surface area contributed by atoms with Crippen molar-refractivity contribution < 1.29 is 13.9 Å². The van der Waals surface area contributed by atoms with Crippen LogP contribution in [0.5, 0.6) is 5.75 Å². The van der Waals surface area contributed by atoms with Crippen molar-refractivity contribution in [3.63, 3.8) is 0 Å². The first kappa shape index (κ1) is 16.4. The molecule has 1 aromatic rings. The van der Waals surface area contributed by atoms with Gasteiger partial charge in [0.1, 0.15) is 11.6 Å². The van der Waals surface area contributed by atoms with Crippen LogP contribution in [0.2, 0.25) is 0 Å². The van der Waals surface area contributed by atoms with Crippen molar-refractivity contribution in [1.29, 1.82) is 0 Å². The van der Waals surface area contributed by atoms with Crippen LogP contribution in [0.4, 0.5) is 4.39 Å². The maximum absolute atomic E-state index is 13.3. The number of carbonyl (C=O) groups excluding carboxylic acids is 1. The first-order valence-electron chi connectivity index (χ1n) is 6.72. The summed E-state index contributed by atoms with van der Waals surface area (Å²) in [5, 5.41) is 3.04. The quantitative estimate of drug-likeness (QED) is 0.871. The van der Waals surface area contributed by atoms with E-state index in [0.717, 1.165) is 0 Å². The maximum Gasteiger partial charge on any atom is 0.260 e.